The third-order valence-corrected chi connectivity index (χ3v) is 4.13. The molecule has 6 heteroatoms. The highest BCUT2D eigenvalue weighted by atomic mass is 35.5. The summed E-state index contributed by atoms with van der Waals surface area (Å²) in [5.74, 6) is -0.436. The molecule has 1 aromatic carbocycles. The van der Waals surface area contributed by atoms with Crippen molar-refractivity contribution in [1.82, 2.24) is 14.8 Å². The second kappa shape index (κ2) is 6.61. The molecule has 0 fully saturated rings. The molecule has 2 aromatic heterocycles. The van der Waals surface area contributed by atoms with Gasteiger partial charge in [0.15, 0.2) is 5.65 Å². The first-order valence-corrected chi connectivity index (χ1v) is 8.14. The molecule has 0 aliphatic carbocycles. The second-order valence-corrected chi connectivity index (χ2v) is 6.30. The van der Waals surface area contributed by atoms with Gasteiger partial charge in [0.1, 0.15) is 6.10 Å². The van der Waals surface area contributed by atoms with E-state index in [-0.39, 0.29) is 6.04 Å². The minimum atomic E-state index is -0.444. The molecule has 5 nitrogen and oxygen atoms in total. The summed E-state index contributed by atoms with van der Waals surface area (Å²) in [6, 6.07) is 9.26. The molecule has 0 amide bonds. The van der Waals surface area contributed by atoms with E-state index in [2.05, 4.69) is 10.1 Å². The maximum Gasteiger partial charge on any atom is 0.340 e. The van der Waals surface area contributed by atoms with E-state index in [1.165, 1.54) is 6.20 Å². The summed E-state index contributed by atoms with van der Waals surface area (Å²) in [7, 11) is 0. The molecule has 0 bridgehead atoms. The summed E-state index contributed by atoms with van der Waals surface area (Å²) in [6.45, 7) is 5.85. The Kier molecular flexibility index (Phi) is 4.53. The number of esters is 1. The van der Waals surface area contributed by atoms with Gasteiger partial charge >= 0.3 is 5.97 Å². The van der Waals surface area contributed by atoms with Crippen molar-refractivity contribution in [2.45, 2.75) is 32.9 Å². The number of pyridine rings is 1. The Morgan fingerprint density at radius 3 is 2.67 bits per heavy atom. The van der Waals surface area contributed by atoms with E-state index < -0.39 is 12.1 Å². The number of fused-ring (bicyclic) bond motifs is 1. The SMILES string of the molecule is CC(C)n1ncc2cc(C(=O)O[C@H](C)c3ccccc3Cl)cnc21. The van der Waals surface area contributed by atoms with Gasteiger partial charge in [-0.2, -0.15) is 5.10 Å². The Bertz CT molecular complexity index is 889. The Morgan fingerprint density at radius 2 is 1.96 bits per heavy atom. The predicted octanol–water partition coefficient (Wildman–Crippen LogP) is 4.58. The fourth-order valence-electron chi connectivity index (χ4n) is 2.53. The van der Waals surface area contributed by atoms with Crippen LogP contribution in [-0.4, -0.2) is 20.7 Å². The maximum absolute atomic E-state index is 12.4. The summed E-state index contributed by atoms with van der Waals surface area (Å²) in [5, 5.41) is 5.68. The number of nitrogens with zero attached hydrogens (tertiary/aromatic N) is 3. The summed E-state index contributed by atoms with van der Waals surface area (Å²) in [4.78, 5) is 16.7. The number of ether oxygens (including phenoxy) is 1. The zero-order chi connectivity index (χ0) is 17.3. The molecule has 3 aromatic rings. The van der Waals surface area contributed by atoms with E-state index in [0.717, 1.165) is 16.6 Å². The molecule has 2 heterocycles. The predicted molar refractivity (Wildman–Crippen MR) is 93.2 cm³/mol. The molecular formula is C18H18ClN3O2. The third kappa shape index (κ3) is 3.12. The molecule has 0 spiro atoms. The van der Waals surface area contributed by atoms with E-state index in [9.17, 15) is 4.79 Å². The monoisotopic (exact) mass is 343 g/mol. The summed E-state index contributed by atoms with van der Waals surface area (Å²) in [5.41, 5.74) is 1.92. The first-order valence-electron chi connectivity index (χ1n) is 7.76. The lowest BCUT2D eigenvalue weighted by Gasteiger charge is -2.15. The maximum atomic E-state index is 12.4. The average molecular weight is 344 g/mol. The average Bonchev–Trinajstić information content (AvgIpc) is 2.98. The second-order valence-electron chi connectivity index (χ2n) is 5.89. The van der Waals surface area contributed by atoms with Gasteiger partial charge in [-0.1, -0.05) is 29.8 Å². The lowest BCUT2D eigenvalue weighted by Crippen LogP contribution is -2.10. The van der Waals surface area contributed by atoms with Crippen molar-refractivity contribution in [3.8, 4) is 0 Å². The van der Waals surface area contributed by atoms with Gasteiger partial charge in [0.25, 0.3) is 0 Å². The molecule has 0 radical (unpaired) electrons. The van der Waals surface area contributed by atoms with Gasteiger partial charge in [-0.25, -0.2) is 14.5 Å². The molecule has 0 aliphatic rings. The number of hydrogen-bond acceptors (Lipinski definition) is 4. The minimum Gasteiger partial charge on any atom is -0.454 e. The number of hydrogen-bond donors (Lipinski definition) is 0. The molecule has 1 atom stereocenters. The molecule has 0 saturated carbocycles. The first kappa shape index (κ1) is 16.5. The highest BCUT2D eigenvalue weighted by molar-refractivity contribution is 6.31. The normalized spacial score (nSPS) is 12.5. The standard InChI is InChI=1S/C18H18ClN3O2/c1-11(2)22-17-13(10-21-22)8-14(9-20-17)18(23)24-12(3)15-6-4-5-7-16(15)19/h4-12H,1-3H3/t12-/m1/s1. The summed E-state index contributed by atoms with van der Waals surface area (Å²) in [6.07, 6.45) is 2.78. The van der Waals surface area contributed by atoms with Gasteiger partial charge in [-0.3, -0.25) is 0 Å². The Balaban J connectivity index is 1.82. The molecular weight excluding hydrogens is 326 g/mol. The van der Waals surface area contributed by atoms with E-state index in [1.807, 2.05) is 36.7 Å². The van der Waals surface area contributed by atoms with Crippen molar-refractivity contribution < 1.29 is 9.53 Å². The van der Waals surface area contributed by atoms with Gasteiger partial charge in [-0.15, -0.1) is 0 Å². The zero-order valence-electron chi connectivity index (χ0n) is 13.7. The van der Waals surface area contributed by atoms with Gasteiger partial charge in [0, 0.05) is 28.2 Å². The topological polar surface area (TPSA) is 57.0 Å². The minimum absolute atomic E-state index is 0.202. The van der Waals surface area contributed by atoms with Crippen LogP contribution in [0.15, 0.2) is 42.7 Å². The van der Waals surface area contributed by atoms with E-state index in [4.69, 9.17) is 16.3 Å². The van der Waals surface area contributed by atoms with Crippen LogP contribution in [0.2, 0.25) is 5.02 Å². The van der Waals surface area contributed by atoms with Gasteiger partial charge < -0.3 is 4.74 Å². The van der Waals surface area contributed by atoms with Crippen LogP contribution in [0.1, 0.15) is 48.8 Å². The number of carbonyl (C=O) groups is 1. The van der Waals surface area contributed by atoms with Crippen molar-refractivity contribution in [3.05, 3.63) is 58.9 Å². The van der Waals surface area contributed by atoms with Crippen LogP contribution in [0, 0.1) is 0 Å². The Hall–Kier alpha value is -2.40. The van der Waals surface area contributed by atoms with Crippen LogP contribution in [0.5, 0.6) is 0 Å². The quantitative estimate of drug-likeness (QED) is 0.650. The highest BCUT2D eigenvalue weighted by Crippen LogP contribution is 2.26. The van der Waals surface area contributed by atoms with Crippen LogP contribution in [0.25, 0.3) is 11.0 Å². The largest absolute Gasteiger partial charge is 0.454 e. The molecule has 3 rings (SSSR count). The molecule has 0 N–H and O–H groups in total. The number of rotatable bonds is 4. The molecule has 24 heavy (non-hydrogen) atoms. The number of carbonyl (C=O) groups excluding carboxylic acids is 1. The van der Waals surface area contributed by atoms with Crippen molar-refractivity contribution in [2.75, 3.05) is 0 Å². The lowest BCUT2D eigenvalue weighted by atomic mass is 10.1. The van der Waals surface area contributed by atoms with Crippen molar-refractivity contribution in [2.24, 2.45) is 0 Å². The van der Waals surface area contributed by atoms with Gasteiger partial charge in [0.2, 0.25) is 0 Å². The number of halogens is 1. The molecule has 0 saturated heterocycles. The van der Waals surface area contributed by atoms with Crippen molar-refractivity contribution in [3.63, 3.8) is 0 Å². The smallest absolute Gasteiger partial charge is 0.340 e. The van der Waals surface area contributed by atoms with Crippen LogP contribution in [-0.2, 0) is 4.74 Å². The van der Waals surface area contributed by atoms with E-state index in [0.29, 0.717) is 10.6 Å². The highest BCUT2D eigenvalue weighted by Gasteiger charge is 2.17. The van der Waals surface area contributed by atoms with Crippen molar-refractivity contribution >= 4 is 28.6 Å². The van der Waals surface area contributed by atoms with Crippen LogP contribution < -0.4 is 0 Å². The van der Waals surface area contributed by atoms with E-state index in [1.54, 1.807) is 25.3 Å². The zero-order valence-corrected chi connectivity index (χ0v) is 14.5. The molecule has 0 aliphatic heterocycles. The third-order valence-electron chi connectivity index (χ3n) is 3.79. The molecule has 124 valence electrons. The Labute approximate surface area is 145 Å². The van der Waals surface area contributed by atoms with E-state index >= 15 is 0 Å². The van der Waals surface area contributed by atoms with Gasteiger partial charge in [-0.05, 0) is 32.9 Å². The van der Waals surface area contributed by atoms with Gasteiger partial charge in [0.05, 0.1) is 11.8 Å². The first-order chi connectivity index (χ1) is 11.5. The fourth-order valence-corrected chi connectivity index (χ4v) is 2.82. The van der Waals surface area contributed by atoms with Crippen molar-refractivity contribution in [1.29, 1.82) is 0 Å². The van der Waals surface area contributed by atoms with Crippen LogP contribution in [0.3, 0.4) is 0 Å². The summed E-state index contributed by atoms with van der Waals surface area (Å²) >= 11 is 6.14. The summed E-state index contributed by atoms with van der Waals surface area (Å²) < 4.78 is 7.33. The fraction of sp³-hybridized carbons (Fsp3) is 0.278. The number of benzene rings is 1. The lowest BCUT2D eigenvalue weighted by molar-refractivity contribution is 0.0338. The Morgan fingerprint density at radius 1 is 1.21 bits per heavy atom. The van der Waals surface area contributed by atoms with Crippen LogP contribution >= 0.6 is 11.6 Å². The van der Waals surface area contributed by atoms with Crippen LogP contribution in [0.4, 0.5) is 0 Å². The number of aromatic nitrogens is 3. The molecule has 0 unspecified atom stereocenters.